The minimum absolute atomic E-state index is 0.0440. The lowest BCUT2D eigenvalue weighted by atomic mass is 10.1. The minimum atomic E-state index is 0.0440. The van der Waals surface area contributed by atoms with Crippen LogP contribution in [0.4, 0.5) is 5.69 Å². The second-order valence-corrected chi connectivity index (χ2v) is 6.98. The van der Waals surface area contributed by atoms with Gasteiger partial charge < -0.3 is 10.6 Å². The summed E-state index contributed by atoms with van der Waals surface area (Å²) in [6, 6.07) is 5.95. The summed E-state index contributed by atoms with van der Waals surface area (Å²) < 4.78 is 0. The fraction of sp³-hybridized carbons (Fsp3) is 0.353. The summed E-state index contributed by atoms with van der Waals surface area (Å²) in [7, 11) is 0. The smallest absolute Gasteiger partial charge is 0.228 e. The molecule has 1 aromatic carbocycles. The van der Waals surface area contributed by atoms with E-state index in [4.69, 9.17) is 0 Å². The zero-order valence-electron chi connectivity index (χ0n) is 12.6. The van der Waals surface area contributed by atoms with Gasteiger partial charge in [-0.1, -0.05) is 6.07 Å². The molecule has 118 valence electrons. The summed E-state index contributed by atoms with van der Waals surface area (Å²) in [6.07, 6.45) is 3.26. The molecule has 0 radical (unpaired) electrons. The predicted octanol–water partition coefficient (Wildman–Crippen LogP) is 2.37. The number of carbonyl (C=O) groups is 2. The van der Waals surface area contributed by atoms with Gasteiger partial charge in [0.25, 0.3) is 0 Å². The maximum atomic E-state index is 11.6. The number of anilines is 1. The largest absolute Gasteiger partial charge is 0.355 e. The number of benzene rings is 1. The van der Waals surface area contributed by atoms with Crippen molar-refractivity contribution in [1.82, 2.24) is 10.3 Å². The number of carbonyl (C=O) groups excluding carboxylic acids is 2. The highest BCUT2D eigenvalue weighted by Crippen LogP contribution is 2.30. The van der Waals surface area contributed by atoms with E-state index in [1.54, 1.807) is 11.3 Å². The molecule has 0 bridgehead atoms. The van der Waals surface area contributed by atoms with Gasteiger partial charge in [-0.05, 0) is 30.5 Å². The SMILES string of the molecule is O=C1Cc2cc(-c3csc(CCNC(=O)C4CC4)n3)ccc2N1. The van der Waals surface area contributed by atoms with Crippen molar-refractivity contribution in [1.29, 1.82) is 0 Å². The number of fused-ring (bicyclic) bond motifs is 1. The quantitative estimate of drug-likeness (QED) is 0.886. The molecule has 2 heterocycles. The van der Waals surface area contributed by atoms with Gasteiger partial charge in [-0.3, -0.25) is 9.59 Å². The van der Waals surface area contributed by atoms with Crippen LogP contribution in [-0.2, 0) is 22.4 Å². The number of hydrogen-bond acceptors (Lipinski definition) is 4. The van der Waals surface area contributed by atoms with E-state index < -0.39 is 0 Å². The number of thiazole rings is 1. The maximum absolute atomic E-state index is 11.6. The monoisotopic (exact) mass is 327 g/mol. The number of nitrogens with zero attached hydrogens (tertiary/aromatic N) is 1. The Hall–Kier alpha value is -2.21. The van der Waals surface area contributed by atoms with E-state index in [1.165, 1.54) is 0 Å². The lowest BCUT2D eigenvalue weighted by Gasteiger charge is -2.02. The fourth-order valence-electron chi connectivity index (χ4n) is 2.73. The van der Waals surface area contributed by atoms with Gasteiger partial charge in [0, 0.05) is 35.5 Å². The molecule has 4 rings (SSSR count). The Bertz CT molecular complexity index is 780. The normalized spacial score (nSPS) is 16.1. The van der Waals surface area contributed by atoms with Crippen LogP contribution >= 0.6 is 11.3 Å². The standard InChI is InChI=1S/C17H17N3O2S/c21-15-8-12-7-11(3-4-13(12)19-15)14-9-23-16(20-14)5-6-18-17(22)10-1-2-10/h3-4,7,9-10H,1-2,5-6,8H2,(H,18,22)(H,19,21). The maximum Gasteiger partial charge on any atom is 0.228 e. The average molecular weight is 327 g/mol. The van der Waals surface area contributed by atoms with Crippen molar-refractivity contribution >= 4 is 28.8 Å². The third-order valence-corrected chi connectivity index (χ3v) is 5.07. The number of rotatable bonds is 5. The molecule has 1 saturated carbocycles. The van der Waals surface area contributed by atoms with E-state index in [0.29, 0.717) is 13.0 Å². The summed E-state index contributed by atoms with van der Waals surface area (Å²) in [5, 5.41) is 8.85. The Kier molecular flexibility index (Phi) is 3.61. The highest BCUT2D eigenvalue weighted by molar-refractivity contribution is 7.09. The van der Waals surface area contributed by atoms with Crippen LogP contribution in [0.3, 0.4) is 0 Å². The van der Waals surface area contributed by atoms with Crippen LogP contribution in [0.5, 0.6) is 0 Å². The molecule has 1 fully saturated rings. The molecule has 23 heavy (non-hydrogen) atoms. The molecule has 1 aliphatic heterocycles. The second kappa shape index (κ2) is 5.77. The highest BCUT2D eigenvalue weighted by Gasteiger charge is 2.29. The summed E-state index contributed by atoms with van der Waals surface area (Å²) >= 11 is 1.61. The second-order valence-electron chi connectivity index (χ2n) is 6.04. The van der Waals surface area contributed by atoms with E-state index in [1.807, 2.05) is 23.6 Å². The van der Waals surface area contributed by atoms with Gasteiger partial charge in [0.15, 0.2) is 0 Å². The average Bonchev–Trinajstić information content (AvgIpc) is 3.17. The zero-order valence-corrected chi connectivity index (χ0v) is 13.4. The van der Waals surface area contributed by atoms with Gasteiger partial charge in [0.2, 0.25) is 11.8 Å². The summed E-state index contributed by atoms with van der Waals surface area (Å²) in [4.78, 5) is 27.7. The fourth-order valence-corrected chi connectivity index (χ4v) is 3.54. The van der Waals surface area contributed by atoms with Crippen molar-refractivity contribution in [2.24, 2.45) is 5.92 Å². The molecule has 1 aromatic heterocycles. The van der Waals surface area contributed by atoms with Crippen LogP contribution in [0.25, 0.3) is 11.3 Å². The molecule has 0 spiro atoms. The van der Waals surface area contributed by atoms with Crippen molar-refractivity contribution in [3.05, 3.63) is 34.2 Å². The Morgan fingerprint density at radius 1 is 1.39 bits per heavy atom. The van der Waals surface area contributed by atoms with Crippen molar-refractivity contribution in [2.75, 3.05) is 11.9 Å². The van der Waals surface area contributed by atoms with E-state index >= 15 is 0 Å². The minimum Gasteiger partial charge on any atom is -0.355 e. The van der Waals surface area contributed by atoms with Crippen LogP contribution in [0.1, 0.15) is 23.4 Å². The molecular weight excluding hydrogens is 310 g/mol. The Morgan fingerprint density at radius 2 is 2.26 bits per heavy atom. The zero-order chi connectivity index (χ0) is 15.8. The number of aromatic nitrogens is 1. The number of nitrogens with one attached hydrogen (secondary N) is 2. The van der Waals surface area contributed by atoms with E-state index in [-0.39, 0.29) is 17.7 Å². The third-order valence-electron chi connectivity index (χ3n) is 4.16. The highest BCUT2D eigenvalue weighted by atomic mass is 32.1. The summed E-state index contributed by atoms with van der Waals surface area (Å²) in [5.41, 5.74) is 3.89. The van der Waals surface area contributed by atoms with Crippen molar-refractivity contribution < 1.29 is 9.59 Å². The molecule has 2 N–H and O–H groups in total. The van der Waals surface area contributed by atoms with Crippen LogP contribution in [0, 0.1) is 5.92 Å². The molecule has 6 heteroatoms. The first kappa shape index (κ1) is 14.4. The van der Waals surface area contributed by atoms with Crippen LogP contribution in [0.2, 0.25) is 0 Å². The molecule has 2 amide bonds. The number of amides is 2. The predicted molar refractivity (Wildman–Crippen MR) is 89.3 cm³/mol. The van der Waals surface area contributed by atoms with E-state index in [0.717, 1.165) is 46.8 Å². The van der Waals surface area contributed by atoms with Crippen LogP contribution in [0.15, 0.2) is 23.6 Å². The molecule has 0 saturated heterocycles. The van der Waals surface area contributed by atoms with Gasteiger partial charge in [-0.2, -0.15) is 0 Å². The molecule has 2 aliphatic rings. The lowest BCUT2D eigenvalue weighted by molar-refractivity contribution is -0.122. The summed E-state index contributed by atoms with van der Waals surface area (Å²) in [6.45, 7) is 0.644. The first-order chi connectivity index (χ1) is 11.2. The Labute approximate surface area is 138 Å². The Morgan fingerprint density at radius 3 is 3.09 bits per heavy atom. The van der Waals surface area contributed by atoms with Crippen molar-refractivity contribution in [3.63, 3.8) is 0 Å². The lowest BCUT2D eigenvalue weighted by Crippen LogP contribution is -2.26. The Balaban J connectivity index is 1.40. The van der Waals surface area contributed by atoms with Gasteiger partial charge in [-0.25, -0.2) is 4.98 Å². The summed E-state index contributed by atoms with van der Waals surface area (Å²) in [5.74, 6) is 0.477. The van der Waals surface area contributed by atoms with Crippen molar-refractivity contribution in [2.45, 2.75) is 25.7 Å². The van der Waals surface area contributed by atoms with Gasteiger partial charge in [-0.15, -0.1) is 11.3 Å². The van der Waals surface area contributed by atoms with E-state index in [9.17, 15) is 9.59 Å². The molecular formula is C17H17N3O2S. The van der Waals surface area contributed by atoms with Gasteiger partial charge in [0.1, 0.15) is 0 Å². The van der Waals surface area contributed by atoms with Crippen molar-refractivity contribution in [3.8, 4) is 11.3 Å². The topological polar surface area (TPSA) is 71.1 Å². The molecule has 2 aromatic rings. The molecule has 0 atom stereocenters. The third kappa shape index (κ3) is 3.12. The van der Waals surface area contributed by atoms with Gasteiger partial charge >= 0.3 is 0 Å². The molecule has 1 aliphatic carbocycles. The molecule has 5 nitrogen and oxygen atoms in total. The first-order valence-electron chi connectivity index (χ1n) is 7.84. The van der Waals surface area contributed by atoms with Crippen LogP contribution in [-0.4, -0.2) is 23.3 Å². The van der Waals surface area contributed by atoms with Crippen LogP contribution < -0.4 is 10.6 Å². The molecule has 0 unspecified atom stereocenters. The number of hydrogen-bond donors (Lipinski definition) is 2. The van der Waals surface area contributed by atoms with Gasteiger partial charge in [0.05, 0.1) is 17.1 Å². The van der Waals surface area contributed by atoms with E-state index in [2.05, 4.69) is 15.6 Å². The first-order valence-corrected chi connectivity index (χ1v) is 8.72.